The van der Waals surface area contributed by atoms with E-state index in [0.717, 1.165) is 11.1 Å². The summed E-state index contributed by atoms with van der Waals surface area (Å²) >= 11 is 0. The summed E-state index contributed by atoms with van der Waals surface area (Å²) in [6, 6.07) is 21.4. The summed E-state index contributed by atoms with van der Waals surface area (Å²) in [5, 5.41) is 9.07. The highest BCUT2D eigenvalue weighted by Crippen LogP contribution is 2.17. The Morgan fingerprint density at radius 2 is 1.66 bits per heavy atom. The van der Waals surface area contributed by atoms with E-state index in [4.69, 9.17) is 9.47 Å². The minimum Gasteiger partial charge on any atom is -0.497 e. The van der Waals surface area contributed by atoms with E-state index in [1.807, 2.05) is 31.2 Å². The number of nitrogens with one attached hydrogen (secondary N) is 3. The van der Waals surface area contributed by atoms with Crippen LogP contribution in [0.25, 0.3) is 0 Å². The molecule has 9 heteroatoms. The average molecular weight is 475 g/mol. The predicted molar refractivity (Wildman–Crippen MR) is 132 cm³/mol. The molecule has 3 rings (SSSR count). The van der Waals surface area contributed by atoms with Crippen LogP contribution in [0, 0.1) is 6.92 Å². The van der Waals surface area contributed by atoms with Gasteiger partial charge in [0.05, 0.1) is 13.3 Å². The molecule has 3 N–H and O–H groups in total. The number of nitrogens with zero attached hydrogens (tertiary/aromatic N) is 1. The minimum atomic E-state index is -0.880. The van der Waals surface area contributed by atoms with Crippen LogP contribution >= 0.6 is 0 Å². The second-order valence-corrected chi connectivity index (χ2v) is 7.51. The number of rotatable bonds is 9. The van der Waals surface area contributed by atoms with Gasteiger partial charge in [-0.1, -0.05) is 48.0 Å². The Labute approximate surface area is 203 Å². The smallest absolute Gasteiger partial charge is 0.329 e. The third kappa shape index (κ3) is 8.32. The third-order valence-corrected chi connectivity index (χ3v) is 4.74. The van der Waals surface area contributed by atoms with Gasteiger partial charge in [-0.25, -0.2) is 5.43 Å². The quantitative estimate of drug-likeness (QED) is 0.250. The highest BCUT2D eigenvalue weighted by atomic mass is 16.5. The first-order valence-corrected chi connectivity index (χ1v) is 10.8. The van der Waals surface area contributed by atoms with Crippen molar-refractivity contribution < 1.29 is 23.9 Å². The van der Waals surface area contributed by atoms with Gasteiger partial charge in [0.2, 0.25) is 0 Å². The van der Waals surface area contributed by atoms with Crippen molar-refractivity contribution in [3.05, 3.63) is 89.5 Å². The number of amides is 3. The van der Waals surface area contributed by atoms with Crippen molar-refractivity contribution in [3.63, 3.8) is 0 Å². The summed E-state index contributed by atoms with van der Waals surface area (Å²) in [7, 11) is 1.55. The first-order valence-electron chi connectivity index (χ1n) is 10.8. The zero-order valence-corrected chi connectivity index (χ0v) is 19.4. The minimum absolute atomic E-state index is 0.199. The summed E-state index contributed by atoms with van der Waals surface area (Å²) in [5.41, 5.74) is 5.38. The Bertz CT molecular complexity index is 1210. The van der Waals surface area contributed by atoms with E-state index in [1.165, 1.54) is 6.21 Å². The normalized spacial score (nSPS) is 10.5. The van der Waals surface area contributed by atoms with E-state index in [9.17, 15) is 14.4 Å². The Morgan fingerprint density at radius 1 is 0.914 bits per heavy atom. The molecule has 0 aliphatic carbocycles. The molecular weight excluding hydrogens is 448 g/mol. The number of benzene rings is 3. The second-order valence-electron chi connectivity index (χ2n) is 7.51. The first kappa shape index (κ1) is 25.0. The summed E-state index contributed by atoms with van der Waals surface area (Å²) in [6.45, 7) is 2.01. The van der Waals surface area contributed by atoms with Crippen LogP contribution in [-0.2, 0) is 20.9 Å². The lowest BCUT2D eigenvalue weighted by molar-refractivity contribution is -0.139. The summed E-state index contributed by atoms with van der Waals surface area (Å²) in [4.78, 5) is 36.0. The third-order valence-electron chi connectivity index (χ3n) is 4.74. The number of carbonyl (C=O) groups is 3. The van der Waals surface area contributed by atoms with Crippen LogP contribution in [0.4, 0.5) is 5.69 Å². The van der Waals surface area contributed by atoms with Crippen molar-refractivity contribution in [1.29, 1.82) is 0 Å². The van der Waals surface area contributed by atoms with Gasteiger partial charge in [0.25, 0.3) is 5.91 Å². The number of ether oxygens (including phenoxy) is 2. The largest absolute Gasteiger partial charge is 0.497 e. The van der Waals surface area contributed by atoms with Gasteiger partial charge in [-0.3, -0.25) is 14.4 Å². The molecule has 0 unspecified atom stereocenters. The molecule has 3 aromatic rings. The number of aryl methyl sites for hydroxylation is 1. The van der Waals surface area contributed by atoms with Crippen molar-refractivity contribution >= 4 is 29.6 Å². The van der Waals surface area contributed by atoms with Crippen molar-refractivity contribution in [2.24, 2.45) is 5.10 Å². The average Bonchev–Trinajstić information content (AvgIpc) is 2.87. The van der Waals surface area contributed by atoms with Gasteiger partial charge >= 0.3 is 11.8 Å². The van der Waals surface area contributed by atoms with E-state index in [-0.39, 0.29) is 19.1 Å². The molecule has 0 heterocycles. The van der Waals surface area contributed by atoms with Crippen LogP contribution in [0.2, 0.25) is 0 Å². The molecule has 3 aromatic carbocycles. The van der Waals surface area contributed by atoms with Gasteiger partial charge in [-0.2, -0.15) is 5.10 Å². The van der Waals surface area contributed by atoms with E-state index in [1.54, 1.807) is 55.6 Å². The van der Waals surface area contributed by atoms with Crippen molar-refractivity contribution in [1.82, 2.24) is 10.7 Å². The lowest BCUT2D eigenvalue weighted by Crippen LogP contribution is -2.37. The molecule has 35 heavy (non-hydrogen) atoms. The Kier molecular flexibility index (Phi) is 8.95. The molecular formula is C26H26N4O5. The molecule has 0 radical (unpaired) electrons. The van der Waals surface area contributed by atoms with Crippen LogP contribution in [0.3, 0.4) is 0 Å². The molecule has 3 amide bonds. The Balaban J connectivity index is 1.44. The number of hydrogen-bond donors (Lipinski definition) is 3. The Morgan fingerprint density at radius 3 is 2.43 bits per heavy atom. The molecule has 0 saturated heterocycles. The fourth-order valence-electron chi connectivity index (χ4n) is 2.92. The van der Waals surface area contributed by atoms with E-state index < -0.39 is 11.8 Å². The molecule has 0 atom stereocenters. The maximum Gasteiger partial charge on any atom is 0.329 e. The van der Waals surface area contributed by atoms with Crippen molar-refractivity contribution in [3.8, 4) is 11.5 Å². The van der Waals surface area contributed by atoms with Gasteiger partial charge in [-0.05, 0) is 42.3 Å². The summed E-state index contributed by atoms with van der Waals surface area (Å²) in [6.07, 6.45) is 1.37. The Hall–Kier alpha value is -4.66. The fraction of sp³-hybridized carbons (Fsp3) is 0.154. The molecule has 0 spiro atoms. The SMILES string of the molecule is COc1cccc(NC(=O)COc2cccc(/C=N\NC(=O)C(=O)NCc3ccc(C)cc3)c2)c1. The molecule has 0 fully saturated rings. The van der Waals surface area contributed by atoms with Crippen molar-refractivity contribution in [2.75, 3.05) is 19.0 Å². The van der Waals surface area contributed by atoms with Gasteiger partial charge in [0.15, 0.2) is 6.61 Å². The first-order chi connectivity index (χ1) is 16.9. The highest BCUT2D eigenvalue weighted by molar-refractivity contribution is 6.35. The predicted octanol–water partition coefficient (Wildman–Crippen LogP) is 2.79. The van der Waals surface area contributed by atoms with Crippen LogP contribution in [0.15, 0.2) is 77.9 Å². The molecule has 9 nitrogen and oxygen atoms in total. The zero-order valence-electron chi connectivity index (χ0n) is 19.4. The summed E-state index contributed by atoms with van der Waals surface area (Å²) < 4.78 is 10.7. The van der Waals surface area contributed by atoms with E-state index in [0.29, 0.717) is 22.7 Å². The number of methoxy groups -OCH3 is 1. The lowest BCUT2D eigenvalue weighted by atomic mass is 10.1. The van der Waals surface area contributed by atoms with Crippen LogP contribution < -0.4 is 25.5 Å². The van der Waals surface area contributed by atoms with E-state index >= 15 is 0 Å². The van der Waals surface area contributed by atoms with Crippen molar-refractivity contribution in [2.45, 2.75) is 13.5 Å². The summed E-state index contributed by atoms with van der Waals surface area (Å²) in [5.74, 6) is -0.929. The molecule has 0 bridgehead atoms. The standard InChI is InChI=1S/C26H26N4O5/c1-18-9-11-19(12-10-18)15-27-25(32)26(33)30-28-16-20-5-3-8-23(13-20)35-17-24(31)29-21-6-4-7-22(14-21)34-2/h3-14,16H,15,17H2,1-2H3,(H,27,32)(H,29,31)(H,30,33)/b28-16-. The molecule has 0 saturated carbocycles. The number of anilines is 1. The number of hydrogen-bond acceptors (Lipinski definition) is 6. The monoisotopic (exact) mass is 474 g/mol. The lowest BCUT2D eigenvalue weighted by Gasteiger charge is -2.09. The van der Waals surface area contributed by atoms with Crippen LogP contribution in [0.1, 0.15) is 16.7 Å². The van der Waals surface area contributed by atoms with Gasteiger partial charge in [0.1, 0.15) is 11.5 Å². The molecule has 0 aliphatic rings. The van der Waals surface area contributed by atoms with Crippen LogP contribution in [-0.4, -0.2) is 37.7 Å². The maximum atomic E-state index is 12.2. The van der Waals surface area contributed by atoms with Crippen LogP contribution in [0.5, 0.6) is 11.5 Å². The zero-order chi connectivity index (χ0) is 25.0. The fourth-order valence-corrected chi connectivity index (χ4v) is 2.92. The second kappa shape index (κ2) is 12.5. The molecule has 0 aromatic heterocycles. The number of carbonyl (C=O) groups excluding carboxylic acids is 3. The van der Waals surface area contributed by atoms with E-state index in [2.05, 4.69) is 21.2 Å². The van der Waals surface area contributed by atoms with Gasteiger partial charge in [-0.15, -0.1) is 0 Å². The number of hydrazone groups is 1. The molecule has 180 valence electrons. The van der Waals surface area contributed by atoms with Gasteiger partial charge < -0.3 is 20.1 Å². The topological polar surface area (TPSA) is 118 Å². The maximum absolute atomic E-state index is 12.2. The highest BCUT2D eigenvalue weighted by Gasteiger charge is 2.12. The molecule has 0 aliphatic heterocycles. The van der Waals surface area contributed by atoms with Gasteiger partial charge in [0, 0.05) is 18.3 Å².